The molecule has 0 amide bonds. The van der Waals surface area contributed by atoms with Crippen LogP contribution < -0.4 is 5.32 Å². The van der Waals surface area contributed by atoms with Crippen molar-refractivity contribution in [3.8, 4) is 0 Å². The number of nitrogens with one attached hydrogen (secondary N) is 2. The highest BCUT2D eigenvalue weighted by atomic mass is 16.3. The molecule has 0 aliphatic heterocycles. The number of hydrogen-bond acceptors (Lipinski definition) is 5. The van der Waals surface area contributed by atoms with Gasteiger partial charge in [-0.05, 0) is 13.8 Å². The third-order valence-corrected chi connectivity index (χ3v) is 2.83. The number of aromatic amines is 1. The first-order valence-corrected chi connectivity index (χ1v) is 5.16. The van der Waals surface area contributed by atoms with Crippen molar-refractivity contribution in [3.63, 3.8) is 0 Å². The van der Waals surface area contributed by atoms with E-state index >= 15 is 0 Å². The van der Waals surface area contributed by atoms with Crippen LogP contribution in [0.25, 0.3) is 0 Å². The molecule has 5 N–H and O–H groups in total. The highest BCUT2D eigenvalue weighted by Crippen LogP contribution is 2.11. The number of aryl methyl sites for hydroxylation is 2. The van der Waals surface area contributed by atoms with E-state index in [1.807, 2.05) is 13.8 Å². The van der Waals surface area contributed by atoms with E-state index in [1.165, 1.54) is 0 Å². The van der Waals surface area contributed by atoms with Crippen LogP contribution in [0.2, 0.25) is 0 Å². The van der Waals surface area contributed by atoms with Gasteiger partial charge in [0.15, 0.2) is 0 Å². The summed E-state index contributed by atoms with van der Waals surface area (Å²) in [5.41, 5.74) is 1.75. The lowest BCUT2D eigenvalue weighted by Crippen LogP contribution is -2.54. The van der Waals surface area contributed by atoms with Gasteiger partial charge in [0, 0.05) is 17.8 Å². The van der Waals surface area contributed by atoms with Gasteiger partial charge in [0.1, 0.15) is 0 Å². The Morgan fingerprint density at radius 1 is 1.19 bits per heavy atom. The van der Waals surface area contributed by atoms with Gasteiger partial charge in [0.2, 0.25) is 0 Å². The molecule has 6 nitrogen and oxygen atoms in total. The molecule has 0 fully saturated rings. The smallest absolute Gasteiger partial charge is 0.0884 e. The van der Waals surface area contributed by atoms with E-state index in [0.717, 1.165) is 17.0 Å². The van der Waals surface area contributed by atoms with Crippen LogP contribution in [-0.4, -0.2) is 50.9 Å². The van der Waals surface area contributed by atoms with E-state index in [2.05, 4.69) is 15.5 Å². The van der Waals surface area contributed by atoms with Gasteiger partial charge in [-0.3, -0.25) is 5.10 Å². The summed E-state index contributed by atoms with van der Waals surface area (Å²) in [5.74, 6) is 0. The molecule has 0 unspecified atom stereocenters. The van der Waals surface area contributed by atoms with Crippen molar-refractivity contribution < 1.29 is 15.3 Å². The lowest BCUT2D eigenvalue weighted by atomic mass is 10.0. The molecule has 0 aliphatic rings. The standard InChI is InChI=1S/C10H19N3O3/c1-7-9(8(2)13-12-7)3-11-10(4-14,5-15)6-16/h11,14-16H,3-6H2,1-2H3,(H,12,13). The van der Waals surface area contributed by atoms with Crippen LogP contribution in [0.5, 0.6) is 0 Å². The summed E-state index contributed by atoms with van der Waals surface area (Å²) in [7, 11) is 0. The molecular weight excluding hydrogens is 210 g/mol. The minimum atomic E-state index is -1.05. The van der Waals surface area contributed by atoms with Crippen molar-refractivity contribution in [1.29, 1.82) is 0 Å². The first-order valence-electron chi connectivity index (χ1n) is 5.16. The molecule has 0 bridgehead atoms. The van der Waals surface area contributed by atoms with E-state index in [1.54, 1.807) is 0 Å². The summed E-state index contributed by atoms with van der Waals surface area (Å²) in [6.07, 6.45) is 0. The first kappa shape index (κ1) is 13.1. The van der Waals surface area contributed by atoms with Gasteiger partial charge >= 0.3 is 0 Å². The largest absolute Gasteiger partial charge is 0.394 e. The minimum Gasteiger partial charge on any atom is -0.394 e. The SMILES string of the molecule is Cc1n[nH]c(C)c1CNC(CO)(CO)CO. The highest BCUT2D eigenvalue weighted by molar-refractivity contribution is 5.23. The monoisotopic (exact) mass is 229 g/mol. The maximum Gasteiger partial charge on any atom is 0.0884 e. The van der Waals surface area contributed by atoms with Crippen LogP contribution in [0.3, 0.4) is 0 Å². The second-order valence-corrected chi connectivity index (χ2v) is 4.02. The normalized spacial score (nSPS) is 12.1. The Hall–Kier alpha value is -0.950. The van der Waals surface area contributed by atoms with Crippen molar-refractivity contribution in [2.45, 2.75) is 25.9 Å². The molecule has 1 heterocycles. The van der Waals surface area contributed by atoms with E-state index in [-0.39, 0.29) is 19.8 Å². The number of nitrogens with zero attached hydrogens (tertiary/aromatic N) is 1. The Morgan fingerprint density at radius 2 is 1.75 bits per heavy atom. The number of hydrogen-bond donors (Lipinski definition) is 5. The van der Waals surface area contributed by atoms with Crippen molar-refractivity contribution in [1.82, 2.24) is 15.5 Å². The Kier molecular flexibility index (Phi) is 4.43. The average Bonchev–Trinajstić information content (AvgIpc) is 2.62. The van der Waals surface area contributed by atoms with Crippen molar-refractivity contribution in [3.05, 3.63) is 17.0 Å². The Labute approximate surface area is 94.3 Å². The van der Waals surface area contributed by atoms with Gasteiger partial charge in [-0.15, -0.1) is 0 Å². The molecule has 6 heteroatoms. The second kappa shape index (κ2) is 5.40. The molecule has 0 radical (unpaired) electrons. The van der Waals surface area contributed by atoms with Crippen LogP contribution in [0.1, 0.15) is 17.0 Å². The van der Waals surface area contributed by atoms with E-state index in [0.29, 0.717) is 6.54 Å². The van der Waals surface area contributed by atoms with Crippen LogP contribution in [0.4, 0.5) is 0 Å². The summed E-state index contributed by atoms with van der Waals surface area (Å²) in [5, 5.41) is 37.3. The molecule has 0 aliphatic carbocycles. The van der Waals surface area contributed by atoms with Crippen molar-refractivity contribution >= 4 is 0 Å². The lowest BCUT2D eigenvalue weighted by Gasteiger charge is -2.28. The molecule has 0 aromatic carbocycles. The van der Waals surface area contributed by atoms with Crippen LogP contribution >= 0.6 is 0 Å². The Bertz CT molecular complexity index is 306. The summed E-state index contributed by atoms with van der Waals surface area (Å²) in [6, 6.07) is 0. The zero-order valence-corrected chi connectivity index (χ0v) is 9.62. The van der Waals surface area contributed by atoms with Crippen LogP contribution in [-0.2, 0) is 6.54 Å². The van der Waals surface area contributed by atoms with Gasteiger partial charge < -0.3 is 20.6 Å². The number of aliphatic hydroxyl groups is 3. The second-order valence-electron chi connectivity index (χ2n) is 4.02. The molecule has 0 atom stereocenters. The molecule has 0 saturated heterocycles. The Balaban J connectivity index is 2.69. The maximum atomic E-state index is 9.14. The van der Waals surface area contributed by atoms with Gasteiger partial charge in [-0.2, -0.15) is 5.10 Å². The summed E-state index contributed by atoms with van der Waals surface area (Å²) in [6.45, 7) is 3.24. The van der Waals surface area contributed by atoms with E-state index in [9.17, 15) is 0 Å². The fourth-order valence-corrected chi connectivity index (χ4v) is 1.43. The summed E-state index contributed by atoms with van der Waals surface area (Å²) in [4.78, 5) is 0. The zero-order valence-electron chi connectivity index (χ0n) is 9.62. The molecule has 1 aromatic heterocycles. The van der Waals surface area contributed by atoms with Crippen molar-refractivity contribution in [2.75, 3.05) is 19.8 Å². The lowest BCUT2D eigenvalue weighted by molar-refractivity contribution is 0.0413. The molecule has 0 saturated carbocycles. The topological polar surface area (TPSA) is 101 Å². The third-order valence-electron chi connectivity index (χ3n) is 2.83. The molecule has 92 valence electrons. The van der Waals surface area contributed by atoms with Crippen LogP contribution in [0.15, 0.2) is 0 Å². The van der Waals surface area contributed by atoms with Gasteiger partial charge in [0.05, 0.1) is 31.1 Å². The maximum absolute atomic E-state index is 9.14. The van der Waals surface area contributed by atoms with Crippen molar-refractivity contribution in [2.24, 2.45) is 0 Å². The quantitative estimate of drug-likeness (QED) is 0.423. The fourth-order valence-electron chi connectivity index (χ4n) is 1.43. The number of aliphatic hydroxyl groups excluding tert-OH is 3. The first-order chi connectivity index (χ1) is 7.58. The van der Waals surface area contributed by atoms with Gasteiger partial charge in [-0.25, -0.2) is 0 Å². The minimum absolute atomic E-state index is 0.323. The van der Waals surface area contributed by atoms with Gasteiger partial charge in [-0.1, -0.05) is 0 Å². The summed E-state index contributed by atoms with van der Waals surface area (Å²) < 4.78 is 0. The molecular formula is C10H19N3O3. The number of aromatic nitrogens is 2. The molecule has 1 aromatic rings. The van der Waals surface area contributed by atoms with Crippen LogP contribution in [0, 0.1) is 13.8 Å². The summed E-state index contributed by atoms with van der Waals surface area (Å²) >= 11 is 0. The van der Waals surface area contributed by atoms with E-state index < -0.39 is 5.54 Å². The molecule has 0 spiro atoms. The fraction of sp³-hybridized carbons (Fsp3) is 0.700. The predicted octanol–water partition coefficient (Wildman–Crippen LogP) is -1.17. The van der Waals surface area contributed by atoms with Gasteiger partial charge in [0.25, 0.3) is 0 Å². The van der Waals surface area contributed by atoms with E-state index in [4.69, 9.17) is 15.3 Å². The third kappa shape index (κ3) is 2.59. The molecule has 1 rings (SSSR count). The zero-order chi connectivity index (χ0) is 12.2. The highest BCUT2D eigenvalue weighted by Gasteiger charge is 2.27. The molecule has 16 heavy (non-hydrogen) atoms. The number of rotatable bonds is 6. The number of H-pyrrole nitrogens is 1. The predicted molar refractivity (Wildman–Crippen MR) is 58.9 cm³/mol. The Morgan fingerprint density at radius 3 is 2.12 bits per heavy atom. The average molecular weight is 229 g/mol.